The molecule has 1 heterocycles. The number of rotatable bonds is 2. The van der Waals surface area contributed by atoms with E-state index in [2.05, 4.69) is 26.6 Å². The molecular formula is C16H17BrN2O2. The summed E-state index contributed by atoms with van der Waals surface area (Å²) in [5, 5.41) is 5.90. The second-order valence-corrected chi connectivity index (χ2v) is 6.18. The first-order valence-corrected chi connectivity index (χ1v) is 7.83. The minimum Gasteiger partial charge on any atom is -0.469 e. The zero-order valence-corrected chi connectivity index (χ0v) is 13.4. The summed E-state index contributed by atoms with van der Waals surface area (Å²) in [4.78, 5) is 12.2. The van der Waals surface area contributed by atoms with Crippen LogP contribution >= 0.6 is 15.9 Å². The third kappa shape index (κ3) is 3.13. The molecule has 2 N–H and O–H groups in total. The predicted molar refractivity (Wildman–Crippen MR) is 85.4 cm³/mol. The van der Waals surface area contributed by atoms with Crippen LogP contribution in [0, 0.1) is 6.92 Å². The fraction of sp³-hybridized carbons (Fsp3) is 0.312. The first-order valence-electron chi connectivity index (χ1n) is 7.03. The van der Waals surface area contributed by atoms with E-state index >= 15 is 0 Å². The molecule has 0 saturated heterocycles. The first kappa shape index (κ1) is 14.2. The van der Waals surface area contributed by atoms with Crippen molar-refractivity contribution in [1.29, 1.82) is 0 Å². The molecule has 3 rings (SSSR count). The van der Waals surface area contributed by atoms with Crippen LogP contribution in [0.1, 0.15) is 35.8 Å². The summed E-state index contributed by atoms with van der Waals surface area (Å²) in [7, 11) is 0. The van der Waals surface area contributed by atoms with Gasteiger partial charge in [-0.05, 0) is 59.5 Å². The number of hydrogen-bond donors (Lipinski definition) is 2. The summed E-state index contributed by atoms with van der Waals surface area (Å²) < 4.78 is 6.32. The van der Waals surface area contributed by atoms with Crippen molar-refractivity contribution in [2.75, 3.05) is 5.32 Å². The van der Waals surface area contributed by atoms with Crippen LogP contribution in [0.5, 0.6) is 0 Å². The molecule has 21 heavy (non-hydrogen) atoms. The Morgan fingerprint density at radius 3 is 3.05 bits per heavy atom. The summed E-state index contributed by atoms with van der Waals surface area (Å²) in [6.07, 6.45) is 4.61. The number of carbonyl (C=O) groups is 1. The van der Waals surface area contributed by atoms with Crippen molar-refractivity contribution in [1.82, 2.24) is 5.32 Å². The molecule has 0 saturated carbocycles. The molecular weight excluding hydrogens is 332 g/mol. The van der Waals surface area contributed by atoms with Crippen molar-refractivity contribution < 1.29 is 9.21 Å². The highest BCUT2D eigenvalue weighted by atomic mass is 79.9. The molecule has 1 unspecified atom stereocenters. The van der Waals surface area contributed by atoms with E-state index in [9.17, 15) is 4.79 Å². The molecule has 5 heteroatoms. The Kier molecular flexibility index (Phi) is 4.01. The van der Waals surface area contributed by atoms with Gasteiger partial charge in [0.05, 0.1) is 18.0 Å². The summed E-state index contributed by atoms with van der Waals surface area (Å²) >= 11 is 3.46. The van der Waals surface area contributed by atoms with Gasteiger partial charge in [0.15, 0.2) is 0 Å². The third-order valence-electron chi connectivity index (χ3n) is 3.73. The van der Waals surface area contributed by atoms with E-state index in [1.807, 2.05) is 31.2 Å². The van der Waals surface area contributed by atoms with Gasteiger partial charge in [-0.3, -0.25) is 0 Å². The van der Waals surface area contributed by atoms with E-state index in [0.29, 0.717) is 0 Å². The van der Waals surface area contributed by atoms with Gasteiger partial charge < -0.3 is 15.1 Å². The van der Waals surface area contributed by atoms with Crippen molar-refractivity contribution in [3.8, 4) is 0 Å². The van der Waals surface area contributed by atoms with E-state index in [1.165, 1.54) is 0 Å². The van der Waals surface area contributed by atoms with E-state index in [0.717, 1.165) is 46.3 Å². The van der Waals surface area contributed by atoms with Crippen molar-refractivity contribution >= 4 is 27.6 Å². The lowest BCUT2D eigenvalue weighted by molar-refractivity contribution is 0.246. The Labute approximate surface area is 132 Å². The highest BCUT2D eigenvalue weighted by molar-refractivity contribution is 9.10. The second-order valence-electron chi connectivity index (χ2n) is 5.33. The second kappa shape index (κ2) is 5.93. The lowest BCUT2D eigenvalue weighted by Gasteiger charge is -2.23. The van der Waals surface area contributed by atoms with Gasteiger partial charge in [-0.2, -0.15) is 0 Å². The fourth-order valence-corrected chi connectivity index (χ4v) is 3.27. The van der Waals surface area contributed by atoms with Gasteiger partial charge in [-0.25, -0.2) is 4.79 Å². The fourth-order valence-electron chi connectivity index (χ4n) is 2.67. The Hall–Kier alpha value is -1.75. The van der Waals surface area contributed by atoms with Crippen molar-refractivity contribution in [3.05, 3.63) is 51.9 Å². The molecule has 0 radical (unpaired) electrons. The minimum absolute atomic E-state index is 0.0247. The highest BCUT2D eigenvalue weighted by Crippen LogP contribution is 2.30. The molecule has 2 amide bonds. The van der Waals surface area contributed by atoms with Crippen LogP contribution in [0.3, 0.4) is 0 Å². The van der Waals surface area contributed by atoms with E-state index in [-0.39, 0.29) is 12.1 Å². The normalized spacial score (nSPS) is 17.1. The molecule has 1 aliphatic carbocycles. The van der Waals surface area contributed by atoms with Crippen LogP contribution in [0.25, 0.3) is 0 Å². The Bertz CT molecular complexity index is 666. The molecule has 1 atom stereocenters. The molecule has 0 spiro atoms. The minimum atomic E-state index is -0.196. The molecule has 1 aromatic carbocycles. The third-order valence-corrected chi connectivity index (χ3v) is 4.39. The first-order chi connectivity index (χ1) is 10.1. The number of furan rings is 1. The van der Waals surface area contributed by atoms with Gasteiger partial charge >= 0.3 is 6.03 Å². The summed E-state index contributed by atoms with van der Waals surface area (Å²) in [6, 6.07) is 7.61. The molecule has 0 aliphatic heterocycles. The van der Waals surface area contributed by atoms with E-state index in [1.54, 1.807) is 6.26 Å². The van der Waals surface area contributed by atoms with Gasteiger partial charge in [-0.15, -0.1) is 0 Å². The monoisotopic (exact) mass is 348 g/mol. The summed E-state index contributed by atoms with van der Waals surface area (Å²) in [6.45, 7) is 2.01. The van der Waals surface area contributed by atoms with Gasteiger partial charge in [0.2, 0.25) is 0 Å². The SMILES string of the molecule is Cc1ccc(NC(=O)NC2CCCc3occc32)c(Br)c1. The topological polar surface area (TPSA) is 54.3 Å². The van der Waals surface area contributed by atoms with Gasteiger partial charge in [0.25, 0.3) is 0 Å². The average molecular weight is 349 g/mol. The number of halogens is 1. The predicted octanol–water partition coefficient (Wildman–Crippen LogP) is 4.55. The quantitative estimate of drug-likeness (QED) is 0.836. The smallest absolute Gasteiger partial charge is 0.319 e. The van der Waals surface area contributed by atoms with Crippen molar-refractivity contribution in [2.45, 2.75) is 32.2 Å². The van der Waals surface area contributed by atoms with E-state index in [4.69, 9.17) is 4.42 Å². The molecule has 0 bridgehead atoms. The van der Waals surface area contributed by atoms with E-state index < -0.39 is 0 Å². The number of nitrogens with one attached hydrogen (secondary N) is 2. The summed E-state index contributed by atoms with van der Waals surface area (Å²) in [5.74, 6) is 0.989. The number of anilines is 1. The zero-order valence-electron chi connectivity index (χ0n) is 11.8. The highest BCUT2D eigenvalue weighted by Gasteiger charge is 2.24. The van der Waals surface area contributed by atoms with Crippen LogP contribution in [0.4, 0.5) is 10.5 Å². The van der Waals surface area contributed by atoms with Crippen LogP contribution in [0.2, 0.25) is 0 Å². The average Bonchev–Trinajstić information content (AvgIpc) is 2.91. The number of urea groups is 1. The number of amides is 2. The number of hydrogen-bond acceptors (Lipinski definition) is 2. The van der Waals surface area contributed by atoms with Gasteiger partial charge in [0.1, 0.15) is 5.76 Å². The molecule has 110 valence electrons. The lowest BCUT2D eigenvalue weighted by atomic mass is 9.93. The van der Waals surface area contributed by atoms with Crippen LogP contribution in [-0.2, 0) is 6.42 Å². The lowest BCUT2D eigenvalue weighted by Crippen LogP contribution is -2.34. The molecule has 1 aliphatic rings. The number of benzene rings is 1. The Morgan fingerprint density at radius 2 is 2.24 bits per heavy atom. The summed E-state index contributed by atoms with van der Waals surface area (Å²) in [5.41, 5.74) is 3.00. The van der Waals surface area contributed by atoms with Crippen LogP contribution < -0.4 is 10.6 Å². The number of aryl methyl sites for hydroxylation is 2. The zero-order chi connectivity index (χ0) is 14.8. The Balaban J connectivity index is 1.68. The van der Waals surface area contributed by atoms with Crippen molar-refractivity contribution in [2.24, 2.45) is 0 Å². The molecule has 0 fully saturated rings. The maximum absolute atomic E-state index is 12.2. The van der Waals surface area contributed by atoms with Gasteiger partial charge in [0, 0.05) is 16.5 Å². The maximum atomic E-state index is 12.2. The Morgan fingerprint density at radius 1 is 1.38 bits per heavy atom. The largest absolute Gasteiger partial charge is 0.469 e. The standard InChI is InChI=1S/C16H17BrN2O2/c1-10-5-6-14(12(17)9-10)19-16(20)18-13-3-2-4-15-11(13)7-8-21-15/h5-9,13H,2-4H2,1H3,(H2,18,19,20). The number of carbonyl (C=O) groups excluding carboxylic acids is 1. The molecule has 1 aromatic heterocycles. The maximum Gasteiger partial charge on any atom is 0.319 e. The molecule has 4 nitrogen and oxygen atoms in total. The van der Waals surface area contributed by atoms with Crippen molar-refractivity contribution in [3.63, 3.8) is 0 Å². The van der Waals surface area contributed by atoms with Crippen LogP contribution in [-0.4, -0.2) is 6.03 Å². The van der Waals surface area contributed by atoms with Gasteiger partial charge in [-0.1, -0.05) is 6.07 Å². The number of fused-ring (bicyclic) bond motifs is 1. The van der Waals surface area contributed by atoms with Crippen LogP contribution in [0.15, 0.2) is 39.4 Å². The molecule has 2 aromatic rings.